The molecule has 0 atom stereocenters. The van der Waals surface area contributed by atoms with Crippen LogP contribution in [0.3, 0.4) is 0 Å². The van der Waals surface area contributed by atoms with Crippen LogP contribution in [0.15, 0.2) is 102 Å². The second kappa shape index (κ2) is 7.97. The highest BCUT2D eigenvalue weighted by Crippen LogP contribution is 2.37. The van der Waals surface area contributed by atoms with E-state index in [2.05, 4.69) is 131 Å². The first-order chi connectivity index (χ1) is 14.8. The first-order valence-electron chi connectivity index (χ1n) is 10.3. The molecular weight excluding hydrogens is 430 g/mol. The summed E-state index contributed by atoms with van der Waals surface area (Å²) in [6, 6.07) is 32.5. The topological polar surface area (TPSA) is 4.93 Å². The molecular formula is C28H22BrN. The smallest absolute Gasteiger partial charge is 0.0541 e. The fourth-order valence-electron chi connectivity index (χ4n) is 4.19. The monoisotopic (exact) mass is 451 g/mol. The summed E-state index contributed by atoms with van der Waals surface area (Å²) in [6.45, 7) is 2.16. The Bertz CT molecular complexity index is 1380. The summed E-state index contributed by atoms with van der Waals surface area (Å²) in [5.41, 5.74) is 7.35. The summed E-state index contributed by atoms with van der Waals surface area (Å²) in [5.74, 6) is 0. The SMILES string of the molecule is CC/C=C/c1c(Br)cccc1-c1ccc2c(c1)c1ccccc1n2-c1ccccc1. The van der Waals surface area contributed by atoms with Crippen LogP contribution in [0, 0.1) is 0 Å². The number of benzene rings is 4. The van der Waals surface area contributed by atoms with E-state index < -0.39 is 0 Å². The maximum atomic E-state index is 3.74. The van der Waals surface area contributed by atoms with Crippen molar-refractivity contribution in [1.82, 2.24) is 4.57 Å². The van der Waals surface area contributed by atoms with Gasteiger partial charge in [0.15, 0.2) is 0 Å². The molecule has 0 bridgehead atoms. The lowest BCUT2D eigenvalue weighted by molar-refractivity contribution is 1.18. The predicted molar refractivity (Wildman–Crippen MR) is 133 cm³/mol. The molecule has 1 nitrogen and oxygen atoms in total. The van der Waals surface area contributed by atoms with Crippen LogP contribution in [0.25, 0.3) is 44.7 Å². The summed E-state index contributed by atoms with van der Waals surface area (Å²) in [6.07, 6.45) is 5.45. The van der Waals surface area contributed by atoms with Crippen LogP contribution < -0.4 is 0 Å². The van der Waals surface area contributed by atoms with Crippen molar-refractivity contribution in [3.8, 4) is 16.8 Å². The number of fused-ring (bicyclic) bond motifs is 3. The third-order valence-corrected chi connectivity index (χ3v) is 6.26. The largest absolute Gasteiger partial charge is 0.309 e. The van der Waals surface area contributed by atoms with E-state index in [0.717, 1.165) is 10.9 Å². The van der Waals surface area contributed by atoms with Crippen LogP contribution in [-0.4, -0.2) is 4.57 Å². The molecule has 0 spiro atoms. The molecule has 5 aromatic rings. The highest BCUT2D eigenvalue weighted by molar-refractivity contribution is 9.10. The van der Waals surface area contributed by atoms with Crippen LogP contribution in [0.1, 0.15) is 18.9 Å². The fourth-order valence-corrected chi connectivity index (χ4v) is 4.69. The van der Waals surface area contributed by atoms with Crippen molar-refractivity contribution >= 4 is 43.8 Å². The van der Waals surface area contributed by atoms with E-state index in [-0.39, 0.29) is 0 Å². The quantitative estimate of drug-likeness (QED) is 0.257. The molecule has 0 saturated heterocycles. The average molecular weight is 452 g/mol. The standard InChI is InChI=1S/C28H22BrN/c1-2-3-12-23-22(14-9-15-26(23)29)20-17-18-28-25(19-20)24-13-7-8-16-27(24)30(28)21-10-5-4-6-11-21/h3-19H,2H2,1H3/b12-3+. The zero-order chi connectivity index (χ0) is 20.5. The molecule has 0 saturated carbocycles. The molecule has 0 aliphatic carbocycles. The Hall–Kier alpha value is -3.10. The van der Waals surface area contributed by atoms with Crippen LogP contribution in [0.4, 0.5) is 0 Å². The predicted octanol–water partition coefficient (Wildman–Crippen LogP) is 8.64. The second-order valence-electron chi connectivity index (χ2n) is 7.43. The molecule has 1 heterocycles. The maximum Gasteiger partial charge on any atom is 0.0541 e. The number of aromatic nitrogens is 1. The average Bonchev–Trinajstić information content (AvgIpc) is 3.12. The van der Waals surface area contributed by atoms with Gasteiger partial charge in [-0.1, -0.05) is 89.6 Å². The lowest BCUT2D eigenvalue weighted by Gasteiger charge is -2.10. The van der Waals surface area contributed by atoms with Gasteiger partial charge in [-0.3, -0.25) is 0 Å². The van der Waals surface area contributed by atoms with Crippen LogP contribution in [-0.2, 0) is 0 Å². The van der Waals surface area contributed by atoms with Gasteiger partial charge in [0, 0.05) is 20.9 Å². The number of hydrogen-bond acceptors (Lipinski definition) is 0. The zero-order valence-corrected chi connectivity index (χ0v) is 18.4. The van der Waals surface area contributed by atoms with Crippen LogP contribution in [0.2, 0.25) is 0 Å². The van der Waals surface area contributed by atoms with E-state index in [1.54, 1.807) is 0 Å². The Kier molecular flexibility index (Phi) is 5.02. The first-order valence-corrected chi connectivity index (χ1v) is 11.1. The van der Waals surface area contributed by atoms with Crippen LogP contribution in [0.5, 0.6) is 0 Å². The Morgan fingerprint density at radius 1 is 0.767 bits per heavy atom. The lowest BCUT2D eigenvalue weighted by atomic mass is 9.97. The Labute approximate surface area is 185 Å². The number of nitrogens with zero attached hydrogens (tertiary/aromatic N) is 1. The Balaban J connectivity index is 1.79. The van der Waals surface area contributed by atoms with Crippen molar-refractivity contribution in [2.75, 3.05) is 0 Å². The molecule has 0 aliphatic rings. The summed E-state index contributed by atoms with van der Waals surface area (Å²) in [4.78, 5) is 0. The van der Waals surface area contributed by atoms with Gasteiger partial charge in [-0.25, -0.2) is 0 Å². The maximum absolute atomic E-state index is 3.74. The van der Waals surface area contributed by atoms with Gasteiger partial charge in [-0.05, 0) is 59.5 Å². The summed E-state index contributed by atoms with van der Waals surface area (Å²) >= 11 is 3.74. The minimum absolute atomic E-state index is 1.02. The van der Waals surface area contributed by atoms with Gasteiger partial charge in [-0.15, -0.1) is 0 Å². The van der Waals surface area contributed by atoms with E-state index in [0.29, 0.717) is 0 Å². The van der Waals surface area contributed by atoms with Crippen molar-refractivity contribution in [3.05, 3.63) is 107 Å². The molecule has 0 amide bonds. The molecule has 0 N–H and O–H groups in total. The summed E-state index contributed by atoms with van der Waals surface area (Å²) < 4.78 is 3.48. The van der Waals surface area contributed by atoms with Crippen molar-refractivity contribution in [1.29, 1.82) is 0 Å². The molecule has 0 aliphatic heterocycles. The highest BCUT2D eigenvalue weighted by atomic mass is 79.9. The second-order valence-corrected chi connectivity index (χ2v) is 8.29. The molecule has 2 heteroatoms. The first kappa shape index (κ1) is 18.9. The van der Waals surface area contributed by atoms with Gasteiger partial charge >= 0.3 is 0 Å². The van der Waals surface area contributed by atoms with Gasteiger partial charge in [0.2, 0.25) is 0 Å². The molecule has 1 aromatic heterocycles. The number of allylic oxidation sites excluding steroid dienone is 1. The number of hydrogen-bond donors (Lipinski definition) is 0. The van der Waals surface area contributed by atoms with Crippen molar-refractivity contribution in [2.24, 2.45) is 0 Å². The molecule has 5 rings (SSSR count). The molecule has 0 radical (unpaired) electrons. The molecule has 146 valence electrons. The van der Waals surface area contributed by atoms with Gasteiger partial charge in [0.1, 0.15) is 0 Å². The van der Waals surface area contributed by atoms with Crippen molar-refractivity contribution in [2.45, 2.75) is 13.3 Å². The van der Waals surface area contributed by atoms with E-state index >= 15 is 0 Å². The highest BCUT2D eigenvalue weighted by Gasteiger charge is 2.14. The Morgan fingerprint density at radius 2 is 1.53 bits per heavy atom. The van der Waals surface area contributed by atoms with Gasteiger partial charge in [0.25, 0.3) is 0 Å². The van der Waals surface area contributed by atoms with Crippen molar-refractivity contribution in [3.63, 3.8) is 0 Å². The third-order valence-electron chi connectivity index (χ3n) is 5.57. The number of halogens is 1. The van der Waals surface area contributed by atoms with E-state index in [1.807, 2.05) is 0 Å². The van der Waals surface area contributed by atoms with Crippen LogP contribution >= 0.6 is 15.9 Å². The molecule has 30 heavy (non-hydrogen) atoms. The van der Waals surface area contributed by atoms with Gasteiger partial charge in [0.05, 0.1) is 11.0 Å². The molecule has 0 unspecified atom stereocenters. The van der Waals surface area contributed by atoms with Gasteiger partial charge < -0.3 is 4.57 Å². The lowest BCUT2D eigenvalue weighted by Crippen LogP contribution is -1.93. The van der Waals surface area contributed by atoms with Crippen molar-refractivity contribution < 1.29 is 0 Å². The summed E-state index contributed by atoms with van der Waals surface area (Å²) in [7, 11) is 0. The third kappa shape index (κ3) is 3.18. The normalized spacial score (nSPS) is 11.7. The fraction of sp³-hybridized carbons (Fsp3) is 0.0714. The Morgan fingerprint density at radius 3 is 2.37 bits per heavy atom. The zero-order valence-electron chi connectivity index (χ0n) is 16.8. The van der Waals surface area contributed by atoms with E-state index in [1.165, 1.54) is 44.2 Å². The summed E-state index contributed by atoms with van der Waals surface area (Å²) in [5, 5.41) is 2.55. The molecule has 4 aromatic carbocycles. The number of rotatable bonds is 4. The number of para-hydroxylation sites is 2. The van der Waals surface area contributed by atoms with E-state index in [9.17, 15) is 0 Å². The minimum Gasteiger partial charge on any atom is -0.309 e. The minimum atomic E-state index is 1.02. The van der Waals surface area contributed by atoms with Gasteiger partial charge in [-0.2, -0.15) is 0 Å². The molecule has 0 fully saturated rings. The van der Waals surface area contributed by atoms with E-state index in [4.69, 9.17) is 0 Å².